The van der Waals surface area contributed by atoms with Crippen LogP contribution >= 0.6 is 0 Å². The predicted molar refractivity (Wildman–Crippen MR) is 71.1 cm³/mol. The smallest absolute Gasteiger partial charge is 0.229 e. The van der Waals surface area contributed by atoms with Crippen LogP contribution < -0.4 is 11.1 Å². The molecule has 0 aliphatic carbocycles. The van der Waals surface area contributed by atoms with Crippen molar-refractivity contribution in [2.24, 2.45) is 10.7 Å². The van der Waals surface area contributed by atoms with Crippen LogP contribution in [0.5, 0.6) is 0 Å². The van der Waals surface area contributed by atoms with Gasteiger partial charge < -0.3 is 5.73 Å². The molecule has 3 N–H and O–H groups in total. The van der Waals surface area contributed by atoms with Crippen molar-refractivity contribution in [2.75, 3.05) is 0 Å². The molecule has 2 aromatic carbocycles. The number of carbonyl (C=O) groups excluding carboxylic acids is 1. The lowest BCUT2D eigenvalue weighted by Crippen LogP contribution is -2.41. The lowest BCUT2D eigenvalue weighted by molar-refractivity contribution is -0.120. The van der Waals surface area contributed by atoms with E-state index in [0.717, 1.165) is 16.3 Å². The fraction of sp³-hybridized carbons (Fsp3) is 0.143. The maximum absolute atomic E-state index is 11.5. The molecule has 1 heterocycles. The molecule has 0 radical (unpaired) electrons. The van der Waals surface area contributed by atoms with Crippen LogP contribution in [0.4, 0.5) is 0 Å². The first-order valence-corrected chi connectivity index (χ1v) is 5.85. The van der Waals surface area contributed by atoms with Crippen LogP contribution in [-0.2, 0) is 4.79 Å². The Bertz CT molecular complexity index is 643. The maximum Gasteiger partial charge on any atom is 0.229 e. The van der Waals surface area contributed by atoms with Gasteiger partial charge in [0.1, 0.15) is 0 Å². The Kier molecular flexibility index (Phi) is 2.48. The number of benzene rings is 2. The first kappa shape index (κ1) is 10.8. The number of nitrogens with two attached hydrogens (primary N) is 1. The third-order valence-corrected chi connectivity index (χ3v) is 3.12. The van der Waals surface area contributed by atoms with Crippen molar-refractivity contribution < 1.29 is 4.79 Å². The van der Waals surface area contributed by atoms with Gasteiger partial charge in [0.15, 0.2) is 5.96 Å². The van der Waals surface area contributed by atoms with Crippen LogP contribution in [0.2, 0.25) is 0 Å². The number of hydrogen-bond donors (Lipinski definition) is 2. The van der Waals surface area contributed by atoms with Gasteiger partial charge in [-0.2, -0.15) is 0 Å². The quantitative estimate of drug-likeness (QED) is 0.795. The first-order chi connectivity index (χ1) is 8.74. The number of amides is 1. The van der Waals surface area contributed by atoms with Crippen molar-refractivity contribution >= 4 is 22.6 Å². The number of carbonyl (C=O) groups is 1. The van der Waals surface area contributed by atoms with Crippen molar-refractivity contribution in [1.82, 2.24) is 5.32 Å². The minimum absolute atomic E-state index is 0.0829. The summed E-state index contributed by atoms with van der Waals surface area (Å²) < 4.78 is 0. The monoisotopic (exact) mass is 239 g/mol. The number of nitrogens with zero attached hydrogens (tertiary/aromatic N) is 1. The highest BCUT2D eigenvalue weighted by atomic mass is 16.1. The number of nitrogens with one attached hydrogen (secondary N) is 1. The molecule has 0 bridgehead atoms. The minimum Gasteiger partial charge on any atom is -0.370 e. The summed E-state index contributed by atoms with van der Waals surface area (Å²) in [5.74, 6) is 0.115. The zero-order valence-corrected chi connectivity index (χ0v) is 9.76. The van der Waals surface area contributed by atoms with Crippen molar-refractivity contribution in [3.63, 3.8) is 0 Å². The third-order valence-electron chi connectivity index (χ3n) is 3.12. The highest BCUT2D eigenvalue weighted by Gasteiger charge is 2.22. The van der Waals surface area contributed by atoms with Gasteiger partial charge in [0.2, 0.25) is 5.91 Å². The van der Waals surface area contributed by atoms with Gasteiger partial charge in [-0.05, 0) is 16.3 Å². The lowest BCUT2D eigenvalue weighted by atomic mass is 9.96. The largest absolute Gasteiger partial charge is 0.370 e. The van der Waals surface area contributed by atoms with E-state index < -0.39 is 0 Å². The molecule has 18 heavy (non-hydrogen) atoms. The molecule has 1 amide bonds. The van der Waals surface area contributed by atoms with Crippen LogP contribution in [0.15, 0.2) is 47.5 Å². The van der Waals surface area contributed by atoms with Gasteiger partial charge >= 0.3 is 0 Å². The van der Waals surface area contributed by atoms with E-state index in [-0.39, 0.29) is 17.9 Å². The zero-order valence-electron chi connectivity index (χ0n) is 9.76. The van der Waals surface area contributed by atoms with Crippen molar-refractivity contribution in [3.8, 4) is 0 Å². The second-order valence-corrected chi connectivity index (χ2v) is 4.35. The Balaban J connectivity index is 2.14. The molecule has 90 valence electrons. The summed E-state index contributed by atoms with van der Waals surface area (Å²) in [4.78, 5) is 15.8. The topological polar surface area (TPSA) is 67.5 Å². The summed E-state index contributed by atoms with van der Waals surface area (Å²) >= 11 is 0. The van der Waals surface area contributed by atoms with Crippen molar-refractivity contribution in [2.45, 2.75) is 12.5 Å². The molecular formula is C14H13N3O. The van der Waals surface area contributed by atoms with E-state index in [9.17, 15) is 4.79 Å². The highest BCUT2D eigenvalue weighted by Crippen LogP contribution is 2.29. The highest BCUT2D eigenvalue weighted by molar-refractivity contribution is 5.99. The molecule has 1 unspecified atom stereocenters. The summed E-state index contributed by atoms with van der Waals surface area (Å²) in [6.07, 6.45) is 0.342. The Hall–Kier alpha value is -2.36. The number of aliphatic imine (C=N–C) groups is 1. The molecular weight excluding hydrogens is 226 g/mol. The lowest BCUT2D eigenvalue weighted by Gasteiger charge is -2.20. The fourth-order valence-corrected chi connectivity index (χ4v) is 2.34. The van der Waals surface area contributed by atoms with Gasteiger partial charge in [-0.15, -0.1) is 0 Å². The summed E-state index contributed by atoms with van der Waals surface area (Å²) in [6, 6.07) is 13.9. The average Bonchev–Trinajstić information content (AvgIpc) is 2.37. The predicted octanol–water partition coefficient (Wildman–Crippen LogP) is 1.72. The van der Waals surface area contributed by atoms with Crippen LogP contribution in [-0.4, -0.2) is 11.9 Å². The Labute approximate surface area is 105 Å². The summed E-state index contributed by atoms with van der Waals surface area (Å²) in [7, 11) is 0. The molecule has 3 rings (SSSR count). The Morgan fingerprint density at radius 3 is 2.78 bits per heavy atom. The SMILES string of the molecule is NC1=NC(c2cccc3ccccc23)CC(=O)N1. The number of hydrogen-bond acceptors (Lipinski definition) is 3. The summed E-state index contributed by atoms with van der Waals surface area (Å²) in [5.41, 5.74) is 6.66. The third kappa shape index (κ3) is 1.82. The van der Waals surface area contributed by atoms with Crippen LogP contribution in [0.25, 0.3) is 10.8 Å². The van der Waals surface area contributed by atoms with Gasteiger partial charge in [-0.3, -0.25) is 10.1 Å². The summed E-state index contributed by atoms with van der Waals surface area (Å²) in [5, 5.41) is 4.79. The minimum atomic E-state index is -0.190. The Morgan fingerprint density at radius 2 is 1.94 bits per heavy atom. The second-order valence-electron chi connectivity index (χ2n) is 4.35. The van der Waals surface area contributed by atoms with E-state index in [2.05, 4.69) is 22.4 Å². The standard InChI is InChI=1S/C14H13N3O/c15-14-16-12(8-13(18)17-14)11-7-3-5-9-4-1-2-6-10(9)11/h1-7,12H,8H2,(H3,15,16,17,18). The van der Waals surface area contributed by atoms with E-state index in [1.807, 2.05) is 30.3 Å². The van der Waals surface area contributed by atoms with Crippen LogP contribution in [0.1, 0.15) is 18.0 Å². The van der Waals surface area contributed by atoms with E-state index in [4.69, 9.17) is 5.73 Å². The maximum atomic E-state index is 11.5. The number of rotatable bonds is 1. The number of guanidine groups is 1. The molecule has 1 aliphatic rings. The van der Waals surface area contributed by atoms with E-state index >= 15 is 0 Å². The molecule has 0 fully saturated rings. The van der Waals surface area contributed by atoms with Gasteiger partial charge in [0.05, 0.1) is 12.5 Å². The van der Waals surface area contributed by atoms with Crippen molar-refractivity contribution in [3.05, 3.63) is 48.0 Å². The number of fused-ring (bicyclic) bond motifs is 1. The Morgan fingerprint density at radius 1 is 1.17 bits per heavy atom. The van der Waals surface area contributed by atoms with Crippen LogP contribution in [0, 0.1) is 0 Å². The van der Waals surface area contributed by atoms with Gasteiger partial charge in [0, 0.05) is 0 Å². The van der Waals surface area contributed by atoms with E-state index in [1.54, 1.807) is 0 Å². The van der Waals surface area contributed by atoms with Gasteiger partial charge in [-0.1, -0.05) is 42.5 Å². The van der Waals surface area contributed by atoms with Crippen molar-refractivity contribution in [1.29, 1.82) is 0 Å². The van der Waals surface area contributed by atoms with Crippen LogP contribution in [0.3, 0.4) is 0 Å². The van der Waals surface area contributed by atoms with Gasteiger partial charge in [-0.25, -0.2) is 4.99 Å². The summed E-state index contributed by atoms with van der Waals surface area (Å²) in [6.45, 7) is 0. The van der Waals surface area contributed by atoms with E-state index in [0.29, 0.717) is 6.42 Å². The molecule has 0 spiro atoms. The zero-order chi connectivity index (χ0) is 12.5. The van der Waals surface area contributed by atoms with E-state index in [1.165, 1.54) is 0 Å². The molecule has 1 aliphatic heterocycles. The molecule has 0 saturated heterocycles. The average molecular weight is 239 g/mol. The first-order valence-electron chi connectivity index (χ1n) is 5.85. The molecule has 1 atom stereocenters. The molecule has 4 heteroatoms. The second kappa shape index (κ2) is 4.14. The molecule has 0 aromatic heterocycles. The fourth-order valence-electron chi connectivity index (χ4n) is 2.34. The normalized spacial score (nSPS) is 19.4. The molecule has 0 saturated carbocycles. The molecule has 4 nitrogen and oxygen atoms in total. The van der Waals surface area contributed by atoms with Gasteiger partial charge in [0.25, 0.3) is 0 Å². The molecule has 2 aromatic rings.